The van der Waals surface area contributed by atoms with E-state index >= 15 is 0 Å². The number of hydrogen-bond acceptors (Lipinski definition) is 2. The molecule has 1 fully saturated rings. The fourth-order valence-corrected chi connectivity index (χ4v) is 4.08. The highest BCUT2D eigenvalue weighted by Crippen LogP contribution is 2.35. The Labute approximate surface area is 89.6 Å². The maximum absolute atomic E-state index is 11.4. The lowest BCUT2D eigenvalue weighted by Crippen LogP contribution is -2.51. The van der Waals surface area contributed by atoms with E-state index < -0.39 is 10.8 Å². The summed E-state index contributed by atoms with van der Waals surface area (Å²) in [7, 11) is -0.762. The van der Waals surface area contributed by atoms with Crippen LogP contribution in [0.25, 0.3) is 0 Å². The molecule has 0 aromatic carbocycles. The third-order valence-electron chi connectivity index (χ3n) is 3.32. The predicted octanol–water partition coefficient (Wildman–Crippen LogP) is 2.08. The van der Waals surface area contributed by atoms with Gasteiger partial charge >= 0.3 is 0 Å². The van der Waals surface area contributed by atoms with Crippen LogP contribution >= 0.6 is 0 Å². The highest BCUT2D eigenvalue weighted by molar-refractivity contribution is 7.87. The van der Waals surface area contributed by atoms with Crippen LogP contribution in [0.1, 0.15) is 46.0 Å². The molecule has 0 aromatic rings. The van der Waals surface area contributed by atoms with Gasteiger partial charge in [-0.3, -0.25) is 4.21 Å². The van der Waals surface area contributed by atoms with E-state index in [0.717, 1.165) is 6.42 Å². The number of aliphatic hydroxyl groups excluding tert-OH is 1. The average molecular weight is 218 g/mol. The van der Waals surface area contributed by atoms with Crippen LogP contribution in [0.15, 0.2) is 0 Å². The molecule has 4 atom stereocenters. The Bertz CT molecular complexity index is 194. The van der Waals surface area contributed by atoms with Crippen molar-refractivity contribution in [1.29, 1.82) is 0 Å². The Morgan fingerprint density at radius 3 is 2.57 bits per heavy atom. The topological polar surface area (TPSA) is 37.3 Å². The summed E-state index contributed by atoms with van der Waals surface area (Å²) in [6, 6.07) is 0. The zero-order valence-electron chi connectivity index (χ0n) is 9.24. The molecule has 4 unspecified atom stereocenters. The van der Waals surface area contributed by atoms with E-state index in [1.807, 2.05) is 6.92 Å². The van der Waals surface area contributed by atoms with Crippen LogP contribution in [0.5, 0.6) is 0 Å². The van der Waals surface area contributed by atoms with E-state index in [1.54, 1.807) is 0 Å². The fraction of sp³-hybridized carbons (Fsp3) is 1.00. The standard InChI is InChI=1S/C11H22O2S/c1-3-4-5-6-7-10-9(2)14(13)11(10)8-12/h9-12H,3-8H2,1-2H3. The molecule has 1 N–H and O–H groups in total. The van der Waals surface area contributed by atoms with Gasteiger partial charge in [-0.1, -0.05) is 39.5 Å². The summed E-state index contributed by atoms with van der Waals surface area (Å²) in [4.78, 5) is 0. The Morgan fingerprint density at radius 1 is 1.29 bits per heavy atom. The van der Waals surface area contributed by atoms with Crippen LogP contribution < -0.4 is 0 Å². The first-order chi connectivity index (χ1) is 6.72. The van der Waals surface area contributed by atoms with E-state index in [0.29, 0.717) is 11.2 Å². The number of aliphatic hydroxyl groups is 1. The van der Waals surface area contributed by atoms with Crippen molar-refractivity contribution in [1.82, 2.24) is 0 Å². The summed E-state index contributed by atoms with van der Waals surface area (Å²) < 4.78 is 11.4. The van der Waals surface area contributed by atoms with Crippen LogP contribution in [0, 0.1) is 5.92 Å². The van der Waals surface area contributed by atoms with Crippen molar-refractivity contribution in [3.8, 4) is 0 Å². The lowest BCUT2D eigenvalue weighted by Gasteiger charge is -2.41. The lowest BCUT2D eigenvalue weighted by molar-refractivity contribution is 0.236. The summed E-state index contributed by atoms with van der Waals surface area (Å²) in [6.45, 7) is 4.36. The first kappa shape index (κ1) is 12.2. The van der Waals surface area contributed by atoms with Gasteiger partial charge in [0.1, 0.15) is 0 Å². The zero-order valence-corrected chi connectivity index (χ0v) is 10.1. The molecule has 1 aliphatic heterocycles. The van der Waals surface area contributed by atoms with Crippen molar-refractivity contribution in [2.24, 2.45) is 5.92 Å². The molecule has 3 heteroatoms. The lowest BCUT2D eigenvalue weighted by atomic mass is 9.93. The predicted molar refractivity (Wildman–Crippen MR) is 60.7 cm³/mol. The summed E-state index contributed by atoms with van der Waals surface area (Å²) in [5.41, 5.74) is 0. The van der Waals surface area contributed by atoms with Crippen LogP contribution in [0.3, 0.4) is 0 Å². The van der Waals surface area contributed by atoms with Crippen LogP contribution in [-0.2, 0) is 10.8 Å². The largest absolute Gasteiger partial charge is 0.395 e. The summed E-state index contributed by atoms with van der Waals surface area (Å²) >= 11 is 0. The SMILES string of the molecule is CCCCCCC1C(C)S(=O)C1CO. The van der Waals surface area contributed by atoms with Gasteiger partial charge in [0.2, 0.25) is 0 Å². The van der Waals surface area contributed by atoms with Gasteiger partial charge in [-0.05, 0) is 12.3 Å². The van der Waals surface area contributed by atoms with Crippen molar-refractivity contribution in [3.63, 3.8) is 0 Å². The maximum atomic E-state index is 11.4. The second-order valence-electron chi connectivity index (χ2n) is 4.27. The molecule has 0 aliphatic carbocycles. The van der Waals surface area contributed by atoms with Crippen molar-refractivity contribution >= 4 is 10.8 Å². The highest BCUT2D eigenvalue weighted by Gasteiger charge is 2.44. The van der Waals surface area contributed by atoms with Gasteiger partial charge in [0, 0.05) is 16.0 Å². The molecular formula is C11H22O2S. The first-order valence-corrected chi connectivity index (χ1v) is 7.00. The molecule has 14 heavy (non-hydrogen) atoms. The average Bonchev–Trinajstić information content (AvgIpc) is 2.21. The minimum atomic E-state index is -0.762. The Hall–Kier alpha value is 0.110. The summed E-state index contributed by atoms with van der Waals surface area (Å²) in [6.07, 6.45) is 6.22. The number of hydrogen-bond donors (Lipinski definition) is 1. The van der Waals surface area contributed by atoms with Crippen molar-refractivity contribution < 1.29 is 9.32 Å². The monoisotopic (exact) mass is 218 g/mol. The molecule has 0 radical (unpaired) electrons. The maximum Gasteiger partial charge on any atom is 0.0621 e. The van der Waals surface area contributed by atoms with Gasteiger partial charge < -0.3 is 5.11 Å². The molecule has 0 bridgehead atoms. The molecule has 2 nitrogen and oxygen atoms in total. The summed E-state index contributed by atoms with van der Waals surface area (Å²) in [5.74, 6) is 0.512. The van der Waals surface area contributed by atoms with E-state index in [9.17, 15) is 4.21 Å². The van der Waals surface area contributed by atoms with Crippen molar-refractivity contribution in [3.05, 3.63) is 0 Å². The van der Waals surface area contributed by atoms with E-state index in [-0.39, 0.29) is 11.9 Å². The Morgan fingerprint density at radius 2 is 2.00 bits per heavy atom. The quantitative estimate of drug-likeness (QED) is 0.693. The zero-order chi connectivity index (χ0) is 10.6. The molecule has 1 heterocycles. The third kappa shape index (κ3) is 2.57. The smallest absolute Gasteiger partial charge is 0.0621 e. The van der Waals surface area contributed by atoms with Crippen LogP contribution in [0.2, 0.25) is 0 Å². The first-order valence-electron chi connectivity index (χ1n) is 5.72. The van der Waals surface area contributed by atoms with Crippen LogP contribution in [-0.4, -0.2) is 26.4 Å². The van der Waals surface area contributed by atoms with Crippen molar-refractivity contribution in [2.45, 2.75) is 56.5 Å². The molecule has 0 saturated carbocycles. The van der Waals surface area contributed by atoms with Gasteiger partial charge in [0.05, 0.1) is 11.9 Å². The molecule has 1 aliphatic rings. The molecule has 0 aromatic heterocycles. The second-order valence-corrected chi connectivity index (χ2v) is 6.27. The molecule has 1 rings (SSSR count). The third-order valence-corrected chi connectivity index (χ3v) is 5.49. The van der Waals surface area contributed by atoms with Gasteiger partial charge in [-0.25, -0.2) is 0 Å². The molecule has 0 spiro atoms. The normalized spacial score (nSPS) is 36.8. The van der Waals surface area contributed by atoms with Gasteiger partial charge in [0.25, 0.3) is 0 Å². The van der Waals surface area contributed by atoms with Gasteiger partial charge in [-0.2, -0.15) is 0 Å². The Kier molecular flexibility index (Phi) is 5.10. The minimum absolute atomic E-state index is 0.0756. The van der Waals surface area contributed by atoms with Crippen molar-refractivity contribution in [2.75, 3.05) is 6.61 Å². The fourth-order valence-electron chi connectivity index (χ4n) is 2.27. The number of unbranched alkanes of at least 4 members (excludes halogenated alkanes) is 3. The highest BCUT2D eigenvalue weighted by atomic mass is 32.2. The van der Waals surface area contributed by atoms with E-state index in [1.165, 1.54) is 25.7 Å². The van der Waals surface area contributed by atoms with Gasteiger partial charge in [-0.15, -0.1) is 0 Å². The Balaban J connectivity index is 2.20. The molecule has 1 saturated heterocycles. The number of rotatable bonds is 6. The second kappa shape index (κ2) is 5.86. The van der Waals surface area contributed by atoms with E-state index in [2.05, 4.69) is 6.92 Å². The van der Waals surface area contributed by atoms with Gasteiger partial charge in [0.15, 0.2) is 0 Å². The molecular weight excluding hydrogens is 196 g/mol. The van der Waals surface area contributed by atoms with E-state index in [4.69, 9.17) is 5.11 Å². The summed E-state index contributed by atoms with van der Waals surface area (Å²) in [5, 5.41) is 9.44. The molecule has 0 amide bonds. The van der Waals surface area contributed by atoms with Crippen LogP contribution in [0.4, 0.5) is 0 Å². The minimum Gasteiger partial charge on any atom is -0.395 e. The molecule has 84 valence electrons.